The molecule has 0 aliphatic rings. The summed E-state index contributed by atoms with van der Waals surface area (Å²) >= 11 is 5.76. The van der Waals surface area contributed by atoms with E-state index in [4.69, 9.17) is 22.2 Å². The molecule has 2 atom stereocenters. The second-order valence-electron chi connectivity index (χ2n) is 3.80. The van der Waals surface area contributed by atoms with Crippen molar-refractivity contribution in [3.63, 3.8) is 0 Å². The summed E-state index contributed by atoms with van der Waals surface area (Å²) in [6, 6.07) is 3.91. The first-order chi connectivity index (χ1) is 8.97. The van der Waals surface area contributed by atoms with Crippen molar-refractivity contribution in [1.82, 2.24) is 0 Å². The third-order valence-electron chi connectivity index (χ3n) is 2.52. The molecule has 0 radical (unpaired) electrons. The quantitative estimate of drug-likeness (QED) is 0.420. The van der Waals surface area contributed by atoms with Crippen LogP contribution in [0.25, 0.3) is 10.4 Å². The van der Waals surface area contributed by atoms with Crippen LogP contribution in [0.5, 0.6) is 0 Å². The van der Waals surface area contributed by atoms with Gasteiger partial charge in [0.25, 0.3) is 0 Å². The fourth-order valence-electron chi connectivity index (χ4n) is 1.50. The third-order valence-corrected chi connectivity index (χ3v) is 2.83. The first kappa shape index (κ1) is 15.3. The standard InChI is InChI=1S/C11H12ClN3O4/c12-8-5-6(1-2-7(8)11(18)19)10(17)9(16)3-4-14-15-13/h1-2,5,9-10,16-17H,3-4H2,(H,18,19). The summed E-state index contributed by atoms with van der Waals surface area (Å²) in [4.78, 5) is 13.3. The molecule has 1 aromatic carbocycles. The zero-order valence-electron chi connectivity index (χ0n) is 9.77. The van der Waals surface area contributed by atoms with E-state index in [1.54, 1.807) is 0 Å². The molecule has 0 aliphatic carbocycles. The van der Waals surface area contributed by atoms with Crippen LogP contribution in [-0.4, -0.2) is 33.9 Å². The van der Waals surface area contributed by atoms with Gasteiger partial charge in [-0.05, 0) is 29.6 Å². The van der Waals surface area contributed by atoms with Gasteiger partial charge in [-0.15, -0.1) is 0 Å². The highest BCUT2D eigenvalue weighted by Crippen LogP contribution is 2.25. The van der Waals surface area contributed by atoms with Crippen molar-refractivity contribution < 1.29 is 20.1 Å². The molecule has 0 heterocycles. The Morgan fingerprint density at radius 1 is 1.47 bits per heavy atom. The summed E-state index contributed by atoms with van der Waals surface area (Å²) in [5.74, 6) is -1.17. The second kappa shape index (κ2) is 6.96. The van der Waals surface area contributed by atoms with Crippen molar-refractivity contribution in [2.75, 3.05) is 6.54 Å². The third kappa shape index (κ3) is 4.11. The number of aliphatic hydroxyl groups is 2. The van der Waals surface area contributed by atoms with E-state index in [1.807, 2.05) is 0 Å². The van der Waals surface area contributed by atoms with Crippen LogP contribution in [0, 0.1) is 0 Å². The SMILES string of the molecule is [N-]=[N+]=NCCC(O)C(O)c1ccc(C(=O)O)c(Cl)c1. The van der Waals surface area contributed by atoms with Gasteiger partial charge < -0.3 is 15.3 Å². The molecule has 1 aromatic rings. The maximum atomic E-state index is 10.8. The van der Waals surface area contributed by atoms with E-state index in [0.29, 0.717) is 5.56 Å². The van der Waals surface area contributed by atoms with E-state index in [-0.39, 0.29) is 23.6 Å². The maximum absolute atomic E-state index is 10.8. The van der Waals surface area contributed by atoms with Crippen LogP contribution in [0.3, 0.4) is 0 Å². The van der Waals surface area contributed by atoms with Gasteiger partial charge >= 0.3 is 5.97 Å². The van der Waals surface area contributed by atoms with E-state index in [1.165, 1.54) is 18.2 Å². The molecule has 19 heavy (non-hydrogen) atoms. The Balaban J connectivity index is 2.82. The highest BCUT2D eigenvalue weighted by molar-refractivity contribution is 6.33. The molecule has 0 aliphatic heterocycles. The Hall–Kier alpha value is -1.79. The molecule has 1 rings (SSSR count). The molecule has 0 aromatic heterocycles. The zero-order valence-corrected chi connectivity index (χ0v) is 10.5. The smallest absolute Gasteiger partial charge is 0.337 e. The van der Waals surface area contributed by atoms with Crippen molar-refractivity contribution in [2.24, 2.45) is 5.11 Å². The molecule has 2 unspecified atom stereocenters. The summed E-state index contributed by atoms with van der Waals surface area (Å²) in [5.41, 5.74) is 8.31. The Morgan fingerprint density at radius 2 is 2.16 bits per heavy atom. The average Bonchev–Trinajstić information content (AvgIpc) is 2.37. The van der Waals surface area contributed by atoms with Crippen LogP contribution in [0.2, 0.25) is 5.02 Å². The van der Waals surface area contributed by atoms with E-state index in [9.17, 15) is 15.0 Å². The molecule has 0 bridgehead atoms. The van der Waals surface area contributed by atoms with Gasteiger partial charge in [-0.25, -0.2) is 4.79 Å². The highest BCUT2D eigenvalue weighted by Gasteiger charge is 2.19. The summed E-state index contributed by atoms with van der Waals surface area (Å²) in [6.07, 6.45) is -2.27. The summed E-state index contributed by atoms with van der Waals surface area (Å²) in [6.45, 7) is 0.0513. The van der Waals surface area contributed by atoms with Gasteiger partial charge in [0, 0.05) is 11.5 Å². The lowest BCUT2D eigenvalue weighted by Crippen LogP contribution is -2.19. The first-order valence-electron chi connectivity index (χ1n) is 5.37. The lowest BCUT2D eigenvalue weighted by Gasteiger charge is -2.17. The van der Waals surface area contributed by atoms with Crippen LogP contribution in [0.1, 0.15) is 28.4 Å². The largest absolute Gasteiger partial charge is 0.478 e. The predicted molar refractivity (Wildman–Crippen MR) is 68.0 cm³/mol. The minimum absolute atomic E-state index is 0.0219. The monoisotopic (exact) mass is 285 g/mol. The normalized spacial score (nSPS) is 13.4. The number of rotatable bonds is 6. The molecule has 0 fully saturated rings. The Labute approximate surface area is 113 Å². The Morgan fingerprint density at radius 3 is 2.68 bits per heavy atom. The molecule has 0 saturated heterocycles. The number of carboxylic acids is 1. The molecule has 7 nitrogen and oxygen atoms in total. The number of carbonyl (C=O) groups is 1. The van der Waals surface area contributed by atoms with E-state index >= 15 is 0 Å². The number of hydrogen-bond acceptors (Lipinski definition) is 4. The Bertz CT molecular complexity index is 517. The van der Waals surface area contributed by atoms with E-state index < -0.39 is 18.2 Å². The molecular formula is C11H12ClN3O4. The molecule has 102 valence electrons. The van der Waals surface area contributed by atoms with E-state index in [0.717, 1.165) is 0 Å². The molecule has 3 N–H and O–H groups in total. The summed E-state index contributed by atoms with van der Waals surface area (Å²) < 4.78 is 0. The number of nitrogens with zero attached hydrogens (tertiary/aromatic N) is 3. The van der Waals surface area contributed by atoms with Crippen molar-refractivity contribution in [3.05, 3.63) is 44.8 Å². The van der Waals surface area contributed by atoms with Gasteiger partial charge in [0.2, 0.25) is 0 Å². The van der Waals surface area contributed by atoms with Gasteiger partial charge in [-0.2, -0.15) is 0 Å². The molecule has 0 saturated carbocycles. The average molecular weight is 286 g/mol. The summed E-state index contributed by atoms with van der Waals surface area (Å²) in [7, 11) is 0. The zero-order chi connectivity index (χ0) is 14.4. The van der Waals surface area contributed by atoms with Crippen LogP contribution in [0.4, 0.5) is 0 Å². The summed E-state index contributed by atoms with van der Waals surface area (Å²) in [5, 5.41) is 31.6. The van der Waals surface area contributed by atoms with Crippen molar-refractivity contribution >= 4 is 17.6 Å². The molecule has 0 amide bonds. The van der Waals surface area contributed by atoms with Crippen molar-refractivity contribution in [2.45, 2.75) is 18.6 Å². The van der Waals surface area contributed by atoms with Crippen LogP contribution in [0.15, 0.2) is 23.3 Å². The minimum Gasteiger partial charge on any atom is -0.478 e. The lowest BCUT2D eigenvalue weighted by molar-refractivity contribution is 0.0150. The molecular weight excluding hydrogens is 274 g/mol. The number of halogens is 1. The van der Waals surface area contributed by atoms with Gasteiger partial charge in [0.1, 0.15) is 6.10 Å². The number of aromatic carboxylic acids is 1. The van der Waals surface area contributed by atoms with Gasteiger partial charge in [-0.1, -0.05) is 22.8 Å². The fourth-order valence-corrected chi connectivity index (χ4v) is 1.77. The molecule has 8 heteroatoms. The van der Waals surface area contributed by atoms with Crippen LogP contribution >= 0.6 is 11.6 Å². The number of benzene rings is 1. The topological polar surface area (TPSA) is 127 Å². The van der Waals surface area contributed by atoms with Crippen LogP contribution < -0.4 is 0 Å². The highest BCUT2D eigenvalue weighted by atomic mass is 35.5. The number of aliphatic hydroxyl groups excluding tert-OH is 2. The van der Waals surface area contributed by atoms with Gasteiger partial charge in [-0.3, -0.25) is 0 Å². The maximum Gasteiger partial charge on any atom is 0.337 e. The Kier molecular flexibility index (Phi) is 5.59. The second-order valence-corrected chi connectivity index (χ2v) is 4.21. The van der Waals surface area contributed by atoms with Crippen molar-refractivity contribution in [1.29, 1.82) is 0 Å². The van der Waals surface area contributed by atoms with Gasteiger partial charge in [0.15, 0.2) is 0 Å². The number of azide groups is 1. The van der Waals surface area contributed by atoms with Crippen molar-refractivity contribution in [3.8, 4) is 0 Å². The van der Waals surface area contributed by atoms with E-state index in [2.05, 4.69) is 10.0 Å². The first-order valence-corrected chi connectivity index (χ1v) is 5.75. The fraction of sp³-hybridized carbons (Fsp3) is 0.364. The number of carboxylic acid groups (broad SMARTS) is 1. The predicted octanol–water partition coefficient (Wildman–Crippen LogP) is 2.13. The van der Waals surface area contributed by atoms with Gasteiger partial charge in [0.05, 0.1) is 16.7 Å². The van der Waals surface area contributed by atoms with Crippen LogP contribution in [-0.2, 0) is 0 Å². The number of hydrogen-bond donors (Lipinski definition) is 3. The minimum atomic E-state index is -1.23. The molecule has 0 spiro atoms. The lowest BCUT2D eigenvalue weighted by atomic mass is 10.0.